The number of nitrogens with one attached hydrogen (secondary N) is 2. The van der Waals surface area contributed by atoms with Crippen LogP contribution < -0.4 is 10.1 Å². The summed E-state index contributed by atoms with van der Waals surface area (Å²) in [6.45, 7) is 0.213. The van der Waals surface area contributed by atoms with E-state index < -0.39 is 27.8 Å². The second-order valence-electron chi connectivity index (χ2n) is 8.73. The number of carbonyl (C=O) groups is 1. The van der Waals surface area contributed by atoms with E-state index in [9.17, 15) is 17.6 Å². The number of rotatable bonds is 6. The van der Waals surface area contributed by atoms with E-state index in [1.54, 1.807) is 24.4 Å². The van der Waals surface area contributed by atoms with Gasteiger partial charge in [0.05, 0.1) is 28.3 Å². The number of benzene rings is 2. The number of nitrogens with zero attached hydrogens (tertiary/aromatic N) is 2. The van der Waals surface area contributed by atoms with Crippen molar-refractivity contribution in [2.24, 2.45) is 0 Å². The summed E-state index contributed by atoms with van der Waals surface area (Å²) in [6, 6.07) is 12.7. The van der Waals surface area contributed by atoms with E-state index >= 15 is 0 Å². The van der Waals surface area contributed by atoms with Gasteiger partial charge >= 0.3 is 0 Å². The molecule has 2 aromatic carbocycles. The minimum atomic E-state index is -3.97. The molecular formula is C26H24ClFN4O4S. The second-order valence-corrected chi connectivity index (χ2v) is 11.0. The van der Waals surface area contributed by atoms with Crippen molar-refractivity contribution in [2.75, 3.05) is 19.0 Å². The Kier molecular flexibility index (Phi) is 6.89. The topological polar surface area (TPSA) is 104 Å². The Balaban J connectivity index is 1.40. The number of methoxy groups -OCH3 is 1. The van der Waals surface area contributed by atoms with Crippen molar-refractivity contribution < 1.29 is 22.3 Å². The zero-order valence-corrected chi connectivity index (χ0v) is 21.4. The lowest BCUT2D eigenvalue weighted by molar-refractivity contribution is -0.120. The fraction of sp³-hybridized carbons (Fsp3) is 0.231. The lowest BCUT2D eigenvalue weighted by Crippen LogP contribution is -2.49. The highest BCUT2D eigenvalue weighted by Crippen LogP contribution is 2.36. The minimum Gasteiger partial charge on any atom is -0.480 e. The van der Waals surface area contributed by atoms with Crippen molar-refractivity contribution in [1.29, 1.82) is 0 Å². The van der Waals surface area contributed by atoms with Crippen LogP contribution in [0.4, 0.5) is 10.1 Å². The number of hydrogen-bond acceptors (Lipinski definition) is 5. The molecule has 37 heavy (non-hydrogen) atoms. The molecule has 1 aliphatic heterocycles. The molecule has 0 spiro atoms. The maximum Gasteiger partial charge on any atom is 0.243 e. The Morgan fingerprint density at radius 3 is 2.70 bits per heavy atom. The van der Waals surface area contributed by atoms with Gasteiger partial charge in [0, 0.05) is 29.3 Å². The smallest absolute Gasteiger partial charge is 0.243 e. The van der Waals surface area contributed by atoms with Crippen molar-refractivity contribution in [3.05, 3.63) is 71.6 Å². The number of pyridine rings is 1. The monoisotopic (exact) mass is 542 g/mol. The van der Waals surface area contributed by atoms with Crippen LogP contribution in [0, 0.1) is 5.82 Å². The number of H-pyrrole nitrogens is 1. The summed E-state index contributed by atoms with van der Waals surface area (Å²) in [6.07, 6.45) is 3.31. The van der Waals surface area contributed by atoms with Crippen LogP contribution in [-0.4, -0.2) is 48.3 Å². The standard InChI is InChI=1S/C26H24ClFN4O4S/c1-36-26-24(20(27)11-12-29-26)22-14-16-5-8-18(15-21(16)31-22)30-25(33)23-4-2-3-13-32(23)37(34,35)19-9-6-17(28)7-10-19/h5-12,14-15,23,31H,2-4,13H2,1H3,(H,30,33)/t23-/m0/s1. The molecule has 4 aromatic rings. The van der Waals surface area contributed by atoms with E-state index in [2.05, 4.69) is 15.3 Å². The lowest BCUT2D eigenvalue weighted by Gasteiger charge is -2.33. The first-order valence-corrected chi connectivity index (χ1v) is 13.5. The third kappa shape index (κ3) is 4.92. The van der Waals surface area contributed by atoms with Crippen molar-refractivity contribution >= 4 is 44.1 Å². The van der Waals surface area contributed by atoms with Crippen molar-refractivity contribution in [1.82, 2.24) is 14.3 Å². The SMILES string of the molecule is COc1nccc(Cl)c1-c1cc2ccc(NC(=O)[C@@H]3CCCCN3S(=O)(=O)c3ccc(F)cc3)cc2[nH]1. The van der Waals surface area contributed by atoms with Crippen molar-refractivity contribution in [2.45, 2.75) is 30.2 Å². The molecule has 5 rings (SSSR count). The summed E-state index contributed by atoms with van der Waals surface area (Å²) >= 11 is 6.39. The highest BCUT2D eigenvalue weighted by Gasteiger charge is 2.37. The molecule has 8 nitrogen and oxygen atoms in total. The Labute approximate surface area is 218 Å². The molecule has 2 aromatic heterocycles. The maximum atomic E-state index is 13.3. The molecular weight excluding hydrogens is 519 g/mol. The number of ether oxygens (including phenoxy) is 1. The summed E-state index contributed by atoms with van der Waals surface area (Å²) in [5.74, 6) is -0.570. The molecule has 3 heterocycles. The Morgan fingerprint density at radius 1 is 1.16 bits per heavy atom. The van der Waals surface area contributed by atoms with E-state index in [0.29, 0.717) is 40.7 Å². The fourth-order valence-electron chi connectivity index (χ4n) is 4.58. The number of hydrogen-bond donors (Lipinski definition) is 2. The summed E-state index contributed by atoms with van der Waals surface area (Å²) in [7, 11) is -2.45. The molecule has 0 radical (unpaired) electrons. The molecule has 1 saturated heterocycles. The zero-order valence-electron chi connectivity index (χ0n) is 19.9. The molecule has 0 saturated carbocycles. The van der Waals surface area contributed by atoms with E-state index in [1.165, 1.54) is 23.5 Å². The van der Waals surface area contributed by atoms with Gasteiger partial charge in [-0.05, 0) is 61.4 Å². The van der Waals surface area contributed by atoms with Gasteiger partial charge in [-0.2, -0.15) is 4.31 Å². The number of amides is 1. The molecule has 2 N–H and O–H groups in total. The van der Waals surface area contributed by atoms with Crippen LogP contribution >= 0.6 is 11.6 Å². The largest absolute Gasteiger partial charge is 0.480 e. The molecule has 0 bridgehead atoms. The lowest BCUT2D eigenvalue weighted by atomic mass is 10.0. The van der Waals surface area contributed by atoms with Gasteiger partial charge in [0.2, 0.25) is 21.8 Å². The molecule has 0 unspecified atom stereocenters. The maximum absolute atomic E-state index is 13.3. The molecule has 1 atom stereocenters. The van der Waals surface area contributed by atoms with Crippen LogP contribution in [0.15, 0.2) is 65.7 Å². The summed E-state index contributed by atoms with van der Waals surface area (Å²) in [4.78, 5) is 20.7. The molecule has 11 heteroatoms. The number of halogens is 2. The molecule has 0 aliphatic carbocycles. The molecule has 1 fully saturated rings. The number of carbonyl (C=O) groups excluding carboxylic acids is 1. The number of aromatic nitrogens is 2. The Bertz CT molecular complexity index is 1570. The fourth-order valence-corrected chi connectivity index (χ4v) is 6.48. The second kappa shape index (κ2) is 10.1. The Morgan fingerprint density at radius 2 is 1.95 bits per heavy atom. The quantitative estimate of drug-likeness (QED) is 0.348. The normalized spacial score (nSPS) is 16.6. The molecule has 1 amide bonds. The highest BCUT2D eigenvalue weighted by atomic mass is 35.5. The first-order chi connectivity index (χ1) is 17.8. The molecule has 192 valence electrons. The van der Waals surface area contributed by atoms with Gasteiger partial charge in [0.15, 0.2) is 0 Å². The van der Waals surface area contributed by atoms with Gasteiger partial charge in [0.1, 0.15) is 11.9 Å². The van der Waals surface area contributed by atoms with E-state index in [4.69, 9.17) is 16.3 Å². The average Bonchev–Trinajstić information content (AvgIpc) is 3.31. The van der Waals surface area contributed by atoms with Crippen LogP contribution in [0.3, 0.4) is 0 Å². The van der Waals surface area contributed by atoms with Crippen LogP contribution in [0.2, 0.25) is 5.02 Å². The number of aromatic amines is 1. The zero-order chi connectivity index (χ0) is 26.2. The number of sulfonamides is 1. The van der Waals surface area contributed by atoms with E-state index in [1.807, 2.05) is 12.1 Å². The number of anilines is 1. The van der Waals surface area contributed by atoms with Gasteiger partial charge in [-0.15, -0.1) is 0 Å². The van der Waals surface area contributed by atoms with Crippen LogP contribution in [-0.2, 0) is 14.8 Å². The summed E-state index contributed by atoms with van der Waals surface area (Å²) in [5.41, 5.74) is 2.59. The van der Waals surface area contributed by atoms with Gasteiger partial charge in [-0.25, -0.2) is 17.8 Å². The summed E-state index contributed by atoms with van der Waals surface area (Å²) in [5, 5.41) is 4.22. The van der Waals surface area contributed by atoms with Crippen LogP contribution in [0.5, 0.6) is 5.88 Å². The van der Waals surface area contributed by atoms with E-state index in [-0.39, 0.29) is 11.4 Å². The molecule has 1 aliphatic rings. The predicted molar refractivity (Wildman–Crippen MR) is 140 cm³/mol. The first kappa shape index (κ1) is 25.2. The first-order valence-electron chi connectivity index (χ1n) is 11.7. The van der Waals surface area contributed by atoms with Crippen LogP contribution in [0.25, 0.3) is 22.2 Å². The van der Waals surface area contributed by atoms with Gasteiger partial charge in [0.25, 0.3) is 0 Å². The predicted octanol–water partition coefficient (Wildman–Crippen LogP) is 5.21. The third-order valence-electron chi connectivity index (χ3n) is 6.39. The van der Waals surface area contributed by atoms with Gasteiger partial charge in [-0.1, -0.05) is 24.1 Å². The van der Waals surface area contributed by atoms with Crippen molar-refractivity contribution in [3.63, 3.8) is 0 Å². The average molecular weight is 543 g/mol. The van der Waals surface area contributed by atoms with E-state index in [0.717, 1.165) is 29.5 Å². The number of piperidine rings is 1. The highest BCUT2D eigenvalue weighted by molar-refractivity contribution is 7.89. The summed E-state index contributed by atoms with van der Waals surface area (Å²) < 4.78 is 46.4. The minimum absolute atomic E-state index is 0.0431. The third-order valence-corrected chi connectivity index (χ3v) is 8.63. The Hall–Kier alpha value is -3.47. The van der Waals surface area contributed by atoms with Gasteiger partial charge < -0.3 is 15.0 Å². The number of fused-ring (bicyclic) bond motifs is 1. The van der Waals surface area contributed by atoms with Crippen molar-refractivity contribution in [3.8, 4) is 17.1 Å². The van der Waals surface area contributed by atoms with Crippen LogP contribution in [0.1, 0.15) is 19.3 Å². The van der Waals surface area contributed by atoms with Gasteiger partial charge in [-0.3, -0.25) is 4.79 Å².